The Bertz CT molecular complexity index is 662. The third-order valence-corrected chi connectivity index (χ3v) is 4.60. The van der Waals surface area contributed by atoms with Crippen LogP contribution in [0.2, 0.25) is 0 Å². The Morgan fingerprint density at radius 1 is 1.33 bits per heavy atom. The van der Waals surface area contributed by atoms with Gasteiger partial charge in [0.2, 0.25) is 0 Å². The molecule has 0 amide bonds. The van der Waals surface area contributed by atoms with Crippen LogP contribution in [0.3, 0.4) is 0 Å². The first kappa shape index (κ1) is 11.5. The maximum Gasteiger partial charge on any atom is 0.262 e. The summed E-state index contributed by atoms with van der Waals surface area (Å²) in [5, 5.41) is 6.44. The zero-order valence-corrected chi connectivity index (χ0v) is 10.2. The molecule has 2 aromatic rings. The van der Waals surface area contributed by atoms with Gasteiger partial charge in [0.1, 0.15) is 17.4 Å². The Morgan fingerprint density at radius 3 is 2.89 bits per heavy atom. The summed E-state index contributed by atoms with van der Waals surface area (Å²) < 4.78 is 31.3. The van der Waals surface area contributed by atoms with E-state index in [1.165, 1.54) is 16.8 Å². The van der Waals surface area contributed by atoms with E-state index >= 15 is 0 Å². The van der Waals surface area contributed by atoms with Crippen LogP contribution in [0.4, 0.5) is 0 Å². The quantitative estimate of drug-likeness (QED) is 0.779. The van der Waals surface area contributed by atoms with Gasteiger partial charge in [-0.05, 0) is 0 Å². The van der Waals surface area contributed by atoms with E-state index in [4.69, 9.17) is 4.74 Å². The second kappa shape index (κ2) is 4.26. The fraction of sp³-hybridized carbons (Fsp3) is 0.444. The summed E-state index contributed by atoms with van der Waals surface area (Å²) in [7, 11) is -3.60. The zero-order chi connectivity index (χ0) is 12.6. The number of rotatable bonds is 2. The van der Waals surface area contributed by atoms with Crippen LogP contribution >= 0.6 is 0 Å². The Kier molecular flexibility index (Phi) is 2.73. The molecule has 18 heavy (non-hydrogen) atoms. The van der Waals surface area contributed by atoms with Crippen molar-refractivity contribution in [1.29, 1.82) is 0 Å². The molecule has 1 saturated heterocycles. The standard InChI is InChI=1S/C9H11N5O3S/c15-18(16,14-1-3-17-4-2-14)9-8-7(12-13-9)5-10-6-11-8/h5-6H,1-4H2,(H,12,13). The van der Waals surface area contributed by atoms with Crippen LogP contribution in [0.1, 0.15) is 0 Å². The van der Waals surface area contributed by atoms with Crippen LogP contribution < -0.4 is 0 Å². The Morgan fingerprint density at radius 2 is 2.11 bits per heavy atom. The Labute approximate surface area is 103 Å². The zero-order valence-electron chi connectivity index (χ0n) is 9.40. The molecule has 8 nitrogen and oxygen atoms in total. The van der Waals surface area contributed by atoms with Gasteiger partial charge in [-0.3, -0.25) is 5.10 Å². The van der Waals surface area contributed by atoms with Crippen molar-refractivity contribution >= 4 is 21.1 Å². The molecule has 0 spiro atoms. The average molecular weight is 269 g/mol. The van der Waals surface area contributed by atoms with E-state index in [0.717, 1.165) is 0 Å². The van der Waals surface area contributed by atoms with Crippen molar-refractivity contribution in [2.24, 2.45) is 0 Å². The summed E-state index contributed by atoms with van der Waals surface area (Å²) in [6, 6.07) is 0. The highest BCUT2D eigenvalue weighted by Gasteiger charge is 2.30. The van der Waals surface area contributed by atoms with Gasteiger partial charge < -0.3 is 4.74 Å². The van der Waals surface area contributed by atoms with E-state index in [-0.39, 0.29) is 5.03 Å². The van der Waals surface area contributed by atoms with E-state index in [2.05, 4.69) is 20.2 Å². The van der Waals surface area contributed by atoms with Crippen LogP contribution in [-0.2, 0) is 14.8 Å². The van der Waals surface area contributed by atoms with E-state index in [0.29, 0.717) is 37.3 Å². The van der Waals surface area contributed by atoms with Crippen molar-refractivity contribution in [3.63, 3.8) is 0 Å². The molecule has 0 radical (unpaired) electrons. The van der Waals surface area contributed by atoms with Crippen molar-refractivity contribution in [2.45, 2.75) is 5.03 Å². The fourth-order valence-corrected chi connectivity index (χ4v) is 3.29. The monoisotopic (exact) mass is 269 g/mol. The van der Waals surface area contributed by atoms with Gasteiger partial charge in [0.15, 0.2) is 5.03 Å². The van der Waals surface area contributed by atoms with E-state index < -0.39 is 10.0 Å². The average Bonchev–Trinajstić information content (AvgIpc) is 2.84. The molecule has 0 saturated carbocycles. The lowest BCUT2D eigenvalue weighted by Crippen LogP contribution is -2.40. The predicted octanol–water partition coefficient (Wildman–Crippen LogP) is -0.626. The lowest BCUT2D eigenvalue weighted by atomic mass is 10.5. The lowest BCUT2D eigenvalue weighted by Gasteiger charge is -2.25. The Balaban J connectivity index is 2.07. The molecular weight excluding hydrogens is 258 g/mol. The van der Waals surface area contributed by atoms with Crippen LogP contribution in [-0.4, -0.2) is 59.2 Å². The molecule has 0 bridgehead atoms. The minimum absolute atomic E-state index is 0.0156. The van der Waals surface area contributed by atoms with Crippen LogP contribution in [0.15, 0.2) is 17.6 Å². The molecular formula is C9H11N5O3S. The largest absolute Gasteiger partial charge is 0.379 e. The summed E-state index contributed by atoms with van der Waals surface area (Å²) in [5.41, 5.74) is 0.751. The number of nitrogens with zero attached hydrogens (tertiary/aromatic N) is 4. The van der Waals surface area contributed by atoms with E-state index in [1.54, 1.807) is 0 Å². The molecule has 2 aromatic heterocycles. The summed E-state index contributed by atoms with van der Waals surface area (Å²) in [5.74, 6) is 0. The normalized spacial score (nSPS) is 18.2. The number of ether oxygens (including phenoxy) is 1. The number of hydrogen-bond donors (Lipinski definition) is 1. The third-order valence-electron chi connectivity index (χ3n) is 2.75. The summed E-state index contributed by atoms with van der Waals surface area (Å²) in [6.45, 7) is 1.49. The number of nitrogens with one attached hydrogen (secondary N) is 1. The molecule has 0 aliphatic carbocycles. The van der Waals surface area contributed by atoms with Gasteiger partial charge in [0, 0.05) is 13.1 Å². The number of aromatic nitrogens is 4. The first-order valence-corrected chi connectivity index (χ1v) is 6.85. The van der Waals surface area contributed by atoms with Crippen LogP contribution in [0.5, 0.6) is 0 Å². The number of morpholine rings is 1. The van der Waals surface area contributed by atoms with Crippen molar-refractivity contribution in [3.05, 3.63) is 12.5 Å². The number of fused-ring (bicyclic) bond motifs is 1. The molecule has 0 unspecified atom stereocenters. The number of aromatic amines is 1. The van der Waals surface area contributed by atoms with Gasteiger partial charge >= 0.3 is 0 Å². The van der Waals surface area contributed by atoms with Gasteiger partial charge in [-0.15, -0.1) is 0 Å². The molecule has 1 N–H and O–H groups in total. The minimum Gasteiger partial charge on any atom is -0.379 e. The minimum atomic E-state index is -3.60. The summed E-state index contributed by atoms with van der Waals surface area (Å²) in [4.78, 5) is 7.76. The molecule has 96 valence electrons. The summed E-state index contributed by atoms with van der Waals surface area (Å²) >= 11 is 0. The molecule has 1 fully saturated rings. The first-order chi connectivity index (χ1) is 8.69. The van der Waals surface area contributed by atoms with Gasteiger partial charge in [-0.25, -0.2) is 18.4 Å². The molecule has 1 aliphatic heterocycles. The molecule has 0 aromatic carbocycles. The van der Waals surface area contributed by atoms with Gasteiger partial charge in [-0.2, -0.15) is 9.40 Å². The first-order valence-electron chi connectivity index (χ1n) is 5.41. The smallest absolute Gasteiger partial charge is 0.262 e. The van der Waals surface area contributed by atoms with Gasteiger partial charge in [0.05, 0.1) is 19.4 Å². The second-order valence-corrected chi connectivity index (χ2v) is 5.70. The van der Waals surface area contributed by atoms with Gasteiger partial charge in [-0.1, -0.05) is 0 Å². The maximum atomic E-state index is 12.4. The van der Waals surface area contributed by atoms with E-state index in [9.17, 15) is 8.42 Å². The predicted molar refractivity (Wildman–Crippen MR) is 61.3 cm³/mol. The maximum absolute atomic E-state index is 12.4. The summed E-state index contributed by atoms with van der Waals surface area (Å²) in [6.07, 6.45) is 2.77. The SMILES string of the molecule is O=S(=O)(c1[nH]nc2cncnc12)N1CCOCC1. The highest BCUT2D eigenvalue weighted by molar-refractivity contribution is 7.89. The topological polar surface area (TPSA) is 101 Å². The highest BCUT2D eigenvalue weighted by atomic mass is 32.2. The molecule has 1 aliphatic rings. The molecule has 3 heterocycles. The fourth-order valence-electron chi connectivity index (χ4n) is 1.84. The Hall–Kier alpha value is -1.58. The van der Waals surface area contributed by atoms with Crippen molar-refractivity contribution in [2.75, 3.05) is 26.3 Å². The van der Waals surface area contributed by atoms with Crippen molar-refractivity contribution < 1.29 is 13.2 Å². The second-order valence-electron chi connectivity index (χ2n) is 3.83. The van der Waals surface area contributed by atoms with Crippen molar-refractivity contribution in [1.82, 2.24) is 24.5 Å². The molecule has 0 atom stereocenters. The number of H-pyrrole nitrogens is 1. The van der Waals surface area contributed by atoms with Crippen LogP contribution in [0.25, 0.3) is 11.0 Å². The third kappa shape index (κ3) is 1.76. The number of hydrogen-bond acceptors (Lipinski definition) is 6. The molecule has 9 heteroatoms. The van der Waals surface area contributed by atoms with Gasteiger partial charge in [0.25, 0.3) is 10.0 Å². The van der Waals surface area contributed by atoms with Crippen molar-refractivity contribution in [3.8, 4) is 0 Å². The number of sulfonamides is 1. The highest BCUT2D eigenvalue weighted by Crippen LogP contribution is 2.21. The van der Waals surface area contributed by atoms with Crippen LogP contribution in [0, 0.1) is 0 Å². The molecule has 3 rings (SSSR count). The van der Waals surface area contributed by atoms with E-state index in [1.807, 2.05) is 0 Å². The lowest BCUT2D eigenvalue weighted by molar-refractivity contribution is 0.0729.